The van der Waals surface area contributed by atoms with E-state index in [1.807, 2.05) is 50.2 Å². The highest BCUT2D eigenvalue weighted by Crippen LogP contribution is 2.25. The van der Waals surface area contributed by atoms with Crippen molar-refractivity contribution in [2.75, 3.05) is 0 Å². The Morgan fingerprint density at radius 1 is 0.964 bits per heavy atom. The molecule has 4 rings (SSSR count). The highest BCUT2D eigenvalue weighted by Gasteiger charge is 2.07. The average Bonchev–Trinajstić information content (AvgIpc) is 3.11. The smallest absolute Gasteiger partial charge is 0.0758 e. The van der Waals surface area contributed by atoms with Crippen LogP contribution in [-0.2, 0) is 6.54 Å². The second-order valence-corrected chi connectivity index (χ2v) is 7.09. The van der Waals surface area contributed by atoms with Crippen LogP contribution in [0.4, 0.5) is 0 Å². The molecule has 28 heavy (non-hydrogen) atoms. The minimum absolute atomic E-state index is 0. The van der Waals surface area contributed by atoms with Gasteiger partial charge in [0.2, 0.25) is 0 Å². The maximum atomic E-state index is 8.51. The minimum Gasteiger partial charge on any atom is -0.411 e. The van der Waals surface area contributed by atoms with Crippen molar-refractivity contribution in [3.63, 3.8) is 0 Å². The number of nitrogens with zero attached hydrogens (tertiary/aromatic N) is 1. The van der Waals surface area contributed by atoms with Crippen molar-refractivity contribution in [2.45, 2.75) is 27.8 Å². The fourth-order valence-corrected chi connectivity index (χ4v) is 3.51. The molecule has 2 heterocycles. The Balaban J connectivity index is 0.000000194. The lowest BCUT2D eigenvalue weighted by Gasteiger charge is -1.95. The molecule has 148 valence electrons. The quantitative estimate of drug-likeness (QED) is 0.178. The molecule has 2 aromatic carbocycles. The number of hydrogen-bond donors (Lipinski definition) is 4. The summed E-state index contributed by atoms with van der Waals surface area (Å²) in [5.74, 6) is 0. The number of benzene rings is 2. The fourth-order valence-electron chi connectivity index (χ4n) is 3.16. The summed E-state index contributed by atoms with van der Waals surface area (Å²) in [6, 6.07) is 11.4. The second kappa shape index (κ2) is 9.15. The molecule has 0 amide bonds. The van der Waals surface area contributed by atoms with E-state index in [1.165, 1.54) is 6.21 Å². The number of rotatable bonds is 2. The summed E-state index contributed by atoms with van der Waals surface area (Å²) in [6.07, 6.45) is 1.41. The number of hydrogen-bond acceptors (Lipinski definition) is 3. The molecule has 0 aliphatic carbocycles. The van der Waals surface area contributed by atoms with E-state index in [2.05, 4.69) is 15.1 Å². The van der Waals surface area contributed by atoms with Gasteiger partial charge in [0.15, 0.2) is 0 Å². The van der Waals surface area contributed by atoms with Gasteiger partial charge < -0.3 is 20.9 Å². The molecule has 0 atom stereocenters. The van der Waals surface area contributed by atoms with Crippen molar-refractivity contribution >= 4 is 51.2 Å². The van der Waals surface area contributed by atoms with Gasteiger partial charge in [0.25, 0.3) is 0 Å². The Bertz CT molecular complexity index is 1130. The van der Waals surface area contributed by atoms with E-state index in [0.717, 1.165) is 49.3 Å². The van der Waals surface area contributed by atoms with Crippen LogP contribution in [0.15, 0.2) is 41.6 Å². The van der Waals surface area contributed by atoms with Gasteiger partial charge in [-0.1, -0.05) is 35.8 Å². The van der Waals surface area contributed by atoms with Gasteiger partial charge in [0.1, 0.15) is 0 Å². The first kappa shape index (κ1) is 21.8. The summed E-state index contributed by atoms with van der Waals surface area (Å²) in [6.45, 7) is 4.49. The molecule has 0 fully saturated rings. The average molecular weight is 419 g/mol. The van der Waals surface area contributed by atoms with E-state index >= 15 is 0 Å². The van der Waals surface area contributed by atoms with Gasteiger partial charge in [-0.25, -0.2) is 0 Å². The molecule has 0 unspecified atom stereocenters. The zero-order chi connectivity index (χ0) is 19.6. The molecule has 0 bridgehead atoms. The Hall–Kier alpha value is -2.47. The van der Waals surface area contributed by atoms with Gasteiger partial charge in [0.05, 0.1) is 6.21 Å². The predicted molar refractivity (Wildman–Crippen MR) is 120 cm³/mol. The number of fused-ring (bicyclic) bond motifs is 2. The van der Waals surface area contributed by atoms with E-state index in [0.29, 0.717) is 11.6 Å². The highest BCUT2D eigenvalue weighted by molar-refractivity contribution is 6.31. The van der Waals surface area contributed by atoms with Crippen molar-refractivity contribution in [3.8, 4) is 0 Å². The highest BCUT2D eigenvalue weighted by atomic mass is 35.5. The van der Waals surface area contributed by atoms with E-state index in [4.69, 9.17) is 34.1 Å². The van der Waals surface area contributed by atoms with Crippen molar-refractivity contribution in [2.24, 2.45) is 10.9 Å². The lowest BCUT2D eigenvalue weighted by atomic mass is 10.1. The first-order chi connectivity index (χ1) is 12.9. The van der Waals surface area contributed by atoms with Gasteiger partial charge in [-0.05, 0) is 55.8 Å². The maximum absolute atomic E-state index is 8.51. The molecule has 4 aromatic rings. The first-order valence-electron chi connectivity index (χ1n) is 8.36. The summed E-state index contributed by atoms with van der Waals surface area (Å²) in [5.41, 5.74) is 11.8. The number of oxime groups is 1. The Kier molecular flexibility index (Phi) is 7.13. The molecule has 0 aliphatic rings. The van der Waals surface area contributed by atoms with E-state index < -0.39 is 0 Å². The van der Waals surface area contributed by atoms with Crippen LogP contribution in [0.2, 0.25) is 10.0 Å². The lowest BCUT2D eigenvalue weighted by Crippen LogP contribution is -1.96. The van der Waals surface area contributed by atoms with Crippen LogP contribution in [-0.4, -0.2) is 21.4 Å². The van der Waals surface area contributed by atoms with Gasteiger partial charge in [-0.2, -0.15) is 0 Å². The summed E-state index contributed by atoms with van der Waals surface area (Å²) < 4.78 is 0. The molecule has 5 N–H and O–H groups in total. The van der Waals surface area contributed by atoms with Crippen LogP contribution in [0, 0.1) is 13.8 Å². The van der Waals surface area contributed by atoms with Crippen molar-refractivity contribution in [1.82, 2.24) is 9.97 Å². The van der Waals surface area contributed by atoms with Gasteiger partial charge in [-0.15, -0.1) is 0 Å². The topological polar surface area (TPSA) is 90.2 Å². The molecule has 0 aliphatic heterocycles. The molecule has 7 heteroatoms. The lowest BCUT2D eigenvalue weighted by molar-refractivity contribution is 0.322. The third kappa shape index (κ3) is 4.33. The molecule has 0 radical (unpaired) electrons. The zero-order valence-corrected chi connectivity index (χ0v) is 16.5. The van der Waals surface area contributed by atoms with Gasteiger partial charge in [-0.3, -0.25) is 0 Å². The molecule has 0 saturated heterocycles. The molecule has 0 saturated carbocycles. The number of nitrogens with two attached hydrogens (primary N) is 1. The summed E-state index contributed by atoms with van der Waals surface area (Å²) >= 11 is 11.8. The fraction of sp³-hybridized carbons (Fsp3) is 0.190. The number of halogens is 2. The first-order valence-corrected chi connectivity index (χ1v) is 9.12. The third-order valence-corrected chi connectivity index (χ3v) is 4.94. The monoisotopic (exact) mass is 418 g/mol. The summed E-state index contributed by atoms with van der Waals surface area (Å²) in [5, 5.41) is 15.1. The summed E-state index contributed by atoms with van der Waals surface area (Å²) in [4.78, 5) is 6.44. The van der Waals surface area contributed by atoms with Crippen molar-refractivity contribution < 1.29 is 5.21 Å². The van der Waals surface area contributed by atoms with Crippen LogP contribution in [0.25, 0.3) is 21.8 Å². The largest absolute Gasteiger partial charge is 0.411 e. The minimum atomic E-state index is 0. The number of aromatic nitrogens is 2. The molecular formula is C21H24Cl2N4O. The predicted octanol–water partition coefficient (Wildman–Crippen LogP) is 6.16. The molecule has 2 aromatic heterocycles. The number of aromatic amines is 2. The van der Waals surface area contributed by atoms with Crippen LogP contribution in [0.3, 0.4) is 0 Å². The van der Waals surface area contributed by atoms with Crippen molar-refractivity contribution in [1.29, 1.82) is 0 Å². The van der Waals surface area contributed by atoms with Crippen LogP contribution in [0.5, 0.6) is 0 Å². The molecular weight excluding hydrogens is 395 g/mol. The standard InChI is InChI=1S/C10H9ClN2O.C10H11ClN2.CH4/c1-6-9(5-12-14)8-4-7(11)2-3-10(8)13-6;1-6-9(5-12)8-4-7(11)2-3-10(8)13-6;/h2-5,13-14H,1H3;2-4,13H,5,12H2,1H3;1H4/b12-5+;;. The Labute approximate surface area is 174 Å². The van der Waals surface area contributed by atoms with E-state index in [9.17, 15) is 0 Å². The van der Waals surface area contributed by atoms with Gasteiger partial charge in [0, 0.05) is 55.3 Å². The maximum Gasteiger partial charge on any atom is 0.0758 e. The molecule has 0 spiro atoms. The van der Waals surface area contributed by atoms with Gasteiger partial charge >= 0.3 is 0 Å². The van der Waals surface area contributed by atoms with E-state index in [1.54, 1.807) is 0 Å². The number of nitrogens with one attached hydrogen (secondary N) is 2. The second-order valence-electron chi connectivity index (χ2n) is 6.22. The third-order valence-electron chi connectivity index (χ3n) is 4.47. The number of aryl methyl sites for hydroxylation is 2. The number of H-pyrrole nitrogens is 2. The van der Waals surface area contributed by atoms with Crippen LogP contribution >= 0.6 is 23.2 Å². The van der Waals surface area contributed by atoms with Crippen LogP contribution < -0.4 is 5.73 Å². The molecule has 5 nitrogen and oxygen atoms in total. The Morgan fingerprint density at radius 2 is 1.50 bits per heavy atom. The SMILES string of the molecule is C.Cc1[nH]c2ccc(Cl)cc2c1/C=N/O.Cc1[nH]c2ccc(Cl)cc2c1CN. The van der Waals surface area contributed by atoms with Crippen LogP contribution in [0.1, 0.15) is 29.9 Å². The van der Waals surface area contributed by atoms with E-state index in [-0.39, 0.29) is 7.43 Å². The van der Waals surface area contributed by atoms with Crippen molar-refractivity contribution in [3.05, 3.63) is 69.0 Å². The normalized spacial score (nSPS) is 10.9. The zero-order valence-electron chi connectivity index (χ0n) is 15.0. The Morgan fingerprint density at radius 3 is 2.07 bits per heavy atom. The summed E-state index contributed by atoms with van der Waals surface area (Å²) in [7, 11) is 0.